The highest BCUT2D eigenvalue weighted by atomic mass is 16.3. The summed E-state index contributed by atoms with van der Waals surface area (Å²) >= 11 is 0. The molecule has 1 rings (SSSR count). The number of rotatable bonds is 2. The summed E-state index contributed by atoms with van der Waals surface area (Å²) in [6.07, 6.45) is 1.81. The van der Waals surface area contributed by atoms with Gasteiger partial charge in [-0.05, 0) is 26.7 Å². The fraction of sp³-hybridized carbons (Fsp3) is 0.900. The van der Waals surface area contributed by atoms with Gasteiger partial charge < -0.3 is 10.0 Å². The van der Waals surface area contributed by atoms with Gasteiger partial charge in [-0.1, -0.05) is 6.92 Å². The third-order valence-corrected chi connectivity index (χ3v) is 2.90. The molecule has 76 valence electrons. The maximum Gasteiger partial charge on any atom is 0.223 e. The van der Waals surface area contributed by atoms with Gasteiger partial charge in [0.25, 0.3) is 0 Å². The minimum absolute atomic E-state index is 0.170. The zero-order chi connectivity index (χ0) is 10.1. The van der Waals surface area contributed by atoms with E-state index in [1.54, 1.807) is 4.90 Å². The first-order valence-electron chi connectivity index (χ1n) is 4.98. The zero-order valence-electron chi connectivity index (χ0n) is 8.71. The molecule has 0 aromatic heterocycles. The minimum Gasteiger partial charge on any atom is -0.391 e. The van der Waals surface area contributed by atoms with Crippen molar-refractivity contribution in [2.45, 2.75) is 51.7 Å². The Labute approximate surface area is 79.7 Å². The Hall–Kier alpha value is -0.570. The van der Waals surface area contributed by atoms with Gasteiger partial charge in [0.1, 0.15) is 0 Å². The molecule has 1 unspecified atom stereocenters. The largest absolute Gasteiger partial charge is 0.391 e. The summed E-state index contributed by atoms with van der Waals surface area (Å²) in [6.45, 7) is 6.56. The van der Waals surface area contributed by atoms with Gasteiger partial charge in [0.15, 0.2) is 0 Å². The van der Waals surface area contributed by atoms with Gasteiger partial charge in [0.2, 0.25) is 5.91 Å². The molecule has 1 fully saturated rings. The maximum atomic E-state index is 11.6. The predicted molar refractivity (Wildman–Crippen MR) is 51.3 cm³/mol. The van der Waals surface area contributed by atoms with Gasteiger partial charge in [0.05, 0.1) is 11.6 Å². The third-order valence-electron chi connectivity index (χ3n) is 2.90. The predicted octanol–water partition coefficient (Wildman–Crippen LogP) is 1.16. The van der Waals surface area contributed by atoms with Gasteiger partial charge in [-0.3, -0.25) is 4.79 Å². The smallest absolute Gasteiger partial charge is 0.223 e. The van der Waals surface area contributed by atoms with Crippen LogP contribution in [0.3, 0.4) is 0 Å². The Morgan fingerprint density at radius 2 is 2.23 bits per heavy atom. The maximum absolute atomic E-state index is 11.6. The molecule has 1 aliphatic rings. The van der Waals surface area contributed by atoms with E-state index in [0.717, 1.165) is 6.42 Å². The second-order valence-electron chi connectivity index (χ2n) is 4.25. The van der Waals surface area contributed by atoms with Gasteiger partial charge in [0, 0.05) is 13.0 Å². The molecule has 1 amide bonds. The molecule has 0 spiro atoms. The molecule has 3 heteroatoms. The van der Waals surface area contributed by atoms with E-state index in [-0.39, 0.29) is 17.6 Å². The van der Waals surface area contributed by atoms with Crippen molar-refractivity contribution in [2.75, 3.05) is 6.54 Å². The van der Waals surface area contributed by atoms with E-state index >= 15 is 0 Å². The van der Waals surface area contributed by atoms with Crippen LogP contribution in [0.15, 0.2) is 0 Å². The minimum atomic E-state index is -0.369. The highest BCUT2D eigenvalue weighted by Crippen LogP contribution is 2.29. The quantitative estimate of drug-likeness (QED) is 0.701. The molecule has 0 saturated carbocycles. The Kier molecular flexibility index (Phi) is 2.96. The van der Waals surface area contributed by atoms with E-state index in [0.29, 0.717) is 19.4 Å². The standard InChI is InChI=1S/C10H19NO2/c1-4-5-9(13)11-7-6-8(12)10(11,2)3/h8,12H,4-7H2,1-3H3. The van der Waals surface area contributed by atoms with Crippen LogP contribution in [0.2, 0.25) is 0 Å². The highest BCUT2D eigenvalue weighted by molar-refractivity contribution is 5.77. The summed E-state index contributed by atoms with van der Waals surface area (Å²) in [5, 5.41) is 9.65. The lowest BCUT2D eigenvalue weighted by molar-refractivity contribution is -0.136. The third kappa shape index (κ3) is 1.85. The van der Waals surface area contributed by atoms with E-state index in [4.69, 9.17) is 0 Å². The molecule has 1 atom stereocenters. The number of aliphatic hydroxyl groups is 1. The zero-order valence-corrected chi connectivity index (χ0v) is 8.71. The number of hydrogen-bond acceptors (Lipinski definition) is 2. The molecule has 1 saturated heterocycles. The molecular formula is C10H19NO2. The molecule has 0 aliphatic carbocycles. The molecule has 1 aliphatic heterocycles. The Morgan fingerprint density at radius 3 is 2.62 bits per heavy atom. The SMILES string of the molecule is CCCC(=O)N1CCC(O)C1(C)C. The molecule has 0 aromatic carbocycles. The van der Waals surface area contributed by atoms with Gasteiger partial charge in [-0.15, -0.1) is 0 Å². The van der Waals surface area contributed by atoms with Crippen LogP contribution in [-0.2, 0) is 4.79 Å². The van der Waals surface area contributed by atoms with Crippen LogP contribution in [0.4, 0.5) is 0 Å². The first-order valence-corrected chi connectivity index (χ1v) is 4.98. The van der Waals surface area contributed by atoms with Crippen molar-refractivity contribution >= 4 is 5.91 Å². The number of likely N-dealkylation sites (tertiary alicyclic amines) is 1. The van der Waals surface area contributed by atoms with E-state index in [2.05, 4.69) is 0 Å². The lowest BCUT2D eigenvalue weighted by Gasteiger charge is -2.33. The Bertz CT molecular complexity index is 201. The van der Waals surface area contributed by atoms with Crippen LogP contribution in [0, 0.1) is 0 Å². The molecule has 0 aromatic rings. The molecule has 13 heavy (non-hydrogen) atoms. The number of hydrogen-bond donors (Lipinski definition) is 1. The Morgan fingerprint density at radius 1 is 1.62 bits per heavy atom. The summed E-state index contributed by atoms with van der Waals surface area (Å²) in [5.74, 6) is 0.170. The van der Waals surface area contributed by atoms with E-state index < -0.39 is 0 Å². The van der Waals surface area contributed by atoms with E-state index in [1.807, 2.05) is 20.8 Å². The van der Waals surface area contributed by atoms with Crippen LogP contribution in [0.25, 0.3) is 0 Å². The first kappa shape index (κ1) is 10.5. The first-order chi connectivity index (χ1) is 6.00. The van der Waals surface area contributed by atoms with Gasteiger partial charge in [-0.2, -0.15) is 0 Å². The van der Waals surface area contributed by atoms with E-state index in [1.165, 1.54) is 0 Å². The Balaban J connectivity index is 2.66. The van der Waals surface area contributed by atoms with Crippen molar-refractivity contribution in [1.29, 1.82) is 0 Å². The van der Waals surface area contributed by atoms with Crippen molar-refractivity contribution in [3.63, 3.8) is 0 Å². The molecule has 1 heterocycles. The van der Waals surface area contributed by atoms with Crippen molar-refractivity contribution in [2.24, 2.45) is 0 Å². The van der Waals surface area contributed by atoms with Crippen molar-refractivity contribution < 1.29 is 9.90 Å². The molecule has 3 nitrogen and oxygen atoms in total. The highest BCUT2D eigenvalue weighted by Gasteiger charge is 2.42. The van der Waals surface area contributed by atoms with Crippen molar-refractivity contribution in [3.8, 4) is 0 Å². The average molecular weight is 185 g/mol. The van der Waals surface area contributed by atoms with Crippen LogP contribution in [0.5, 0.6) is 0 Å². The van der Waals surface area contributed by atoms with Crippen LogP contribution < -0.4 is 0 Å². The summed E-state index contributed by atoms with van der Waals surface area (Å²) < 4.78 is 0. The number of aliphatic hydroxyl groups excluding tert-OH is 1. The second-order valence-corrected chi connectivity index (χ2v) is 4.25. The van der Waals surface area contributed by atoms with Crippen LogP contribution in [0.1, 0.15) is 40.0 Å². The average Bonchev–Trinajstić information content (AvgIpc) is 2.28. The number of amides is 1. The van der Waals surface area contributed by atoms with Gasteiger partial charge >= 0.3 is 0 Å². The number of carbonyl (C=O) groups excluding carboxylic acids is 1. The normalized spacial score (nSPS) is 26.5. The summed E-state index contributed by atoms with van der Waals surface area (Å²) in [5.41, 5.74) is -0.369. The number of carbonyl (C=O) groups is 1. The molecule has 0 bridgehead atoms. The van der Waals surface area contributed by atoms with Crippen molar-refractivity contribution in [1.82, 2.24) is 4.90 Å². The molecular weight excluding hydrogens is 166 g/mol. The lowest BCUT2D eigenvalue weighted by Crippen LogP contribution is -2.47. The van der Waals surface area contributed by atoms with Crippen LogP contribution >= 0.6 is 0 Å². The monoisotopic (exact) mass is 185 g/mol. The fourth-order valence-electron chi connectivity index (χ4n) is 1.87. The summed E-state index contributed by atoms with van der Waals surface area (Å²) in [7, 11) is 0. The van der Waals surface area contributed by atoms with E-state index in [9.17, 15) is 9.90 Å². The summed E-state index contributed by atoms with van der Waals surface area (Å²) in [4.78, 5) is 13.4. The topological polar surface area (TPSA) is 40.5 Å². The summed E-state index contributed by atoms with van der Waals surface area (Å²) in [6, 6.07) is 0. The fourth-order valence-corrected chi connectivity index (χ4v) is 1.87. The molecule has 1 N–H and O–H groups in total. The second kappa shape index (κ2) is 3.66. The lowest BCUT2D eigenvalue weighted by atomic mass is 9.98. The molecule has 0 radical (unpaired) electrons. The van der Waals surface area contributed by atoms with Crippen molar-refractivity contribution in [3.05, 3.63) is 0 Å². The van der Waals surface area contributed by atoms with Crippen LogP contribution in [-0.4, -0.2) is 34.1 Å². The number of nitrogens with zero attached hydrogens (tertiary/aromatic N) is 1. The van der Waals surface area contributed by atoms with Gasteiger partial charge in [-0.25, -0.2) is 0 Å².